The van der Waals surface area contributed by atoms with Crippen LogP contribution in [0, 0.1) is 5.92 Å². The topological polar surface area (TPSA) is 38.5 Å². The maximum Gasteiger partial charge on any atom is 0.0788 e. The van der Waals surface area contributed by atoms with E-state index in [-0.39, 0.29) is 17.2 Å². The SMILES string of the molecule is CC1CN(CC2C(N)C(C)(C)OC2(C)C)CC(C)S1. The highest BCUT2D eigenvalue weighted by Crippen LogP contribution is 2.42. The van der Waals surface area contributed by atoms with E-state index in [0.717, 1.165) is 17.0 Å². The molecule has 0 saturated carbocycles. The van der Waals surface area contributed by atoms with E-state index in [1.54, 1.807) is 0 Å². The average molecular weight is 286 g/mol. The van der Waals surface area contributed by atoms with Crippen LogP contribution in [0.4, 0.5) is 0 Å². The van der Waals surface area contributed by atoms with E-state index in [4.69, 9.17) is 10.5 Å². The molecule has 3 nitrogen and oxygen atoms in total. The zero-order valence-corrected chi connectivity index (χ0v) is 14.1. The van der Waals surface area contributed by atoms with Crippen LogP contribution in [0.1, 0.15) is 41.5 Å². The minimum atomic E-state index is -0.212. The van der Waals surface area contributed by atoms with Crippen LogP contribution in [0.25, 0.3) is 0 Å². The van der Waals surface area contributed by atoms with Crippen molar-refractivity contribution in [2.24, 2.45) is 11.7 Å². The van der Waals surface area contributed by atoms with E-state index in [9.17, 15) is 0 Å². The summed E-state index contributed by atoms with van der Waals surface area (Å²) in [6.07, 6.45) is 0. The van der Waals surface area contributed by atoms with E-state index in [1.807, 2.05) is 0 Å². The van der Waals surface area contributed by atoms with Crippen LogP contribution >= 0.6 is 11.8 Å². The second kappa shape index (κ2) is 5.21. The van der Waals surface area contributed by atoms with Crippen LogP contribution < -0.4 is 5.73 Å². The Hall–Kier alpha value is 0.230. The first-order valence-electron chi connectivity index (χ1n) is 7.45. The molecule has 0 aromatic carbocycles. The van der Waals surface area contributed by atoms with Crippen LogP contribution in [0.2, 0.25) is 0 Å². The van der Waals surface area contributed by atoms with Gasteiger partial charge < -0.3 is 15.4 Å². The summed E-state index contributed by atoms with van der Waals surface area (Å²) < 4.78 is 6.20. The molecular formula is C15H30N2OS. The molecule has 0 spiro atoms. The third-order valence-corrected chi connectivity index (χ3v) is 5.83. The summed E-state index contributed by atoms with van der Waals surface area (Å²) >= 11 is 2.10. The highest BCUT2D eigenvalue weighted by molar-refractivity contribution is 8.00. The summed E-state index contributed by atoms with van der Waals surface area (Å²) in [7, 11) is 0. The fourth-order valence-corrected chi connectivity index (χ4v) is 5.17. The third-order valence-electron chi connectivity index (χ3n) is 4.61. The van der Waals surface area contributed by atoms with Crippen molar-refractivity contribution in [3.63, 3.8) is 0 Å². The maximum atomic E-state index is 6.46. The van der Waals surface area contributed by atoms with Crippen molar-refractivity contribution in [2.45, 2.75) is 69.3 Å². The van der Waals surface area contributed by atoms with Gasteiger partial charge in [0.15, 0.2) is 0 Å². The molecule has 0 aliphatic carbocycles. The monoisotopic (exact) mass is 286 g/mol. The second-order valence-electron chi connectivity index (χ2n) is 7.42. The highest BCUT2D eigenvalue weighted by Gasteiger charge is 2.52. The van der Waals surface area contributed by atoms with Crippen LogP contribution in [0.5, 0.6) is 0 Å². The first kappa shape index (κ1) is 15.6. The quantitative estimate of drug-likeness (QED) is 0.845. The molecule has 2 aliphatic rings. The van der Waals surface area contributed by atoms with E-state index in [2.05, 4.69) is 58.2 Å². The van der Waals surface area contributed by atoms with E-state index < -0.39 is 0 Å². The maximum absolute atomic E-state index is 6.46. The average Bonchev–Trinajstić information content (AvgIpc) is 2.35. The molecule has 2 rings (SSSR count). The van der Waals surface area contributed by atoms with Crippen LogP contribution in [0.15, 0.2) is 0 Å². The molecule has 0 bridgehead atoms. The summed E-state index contributed by atoms with van der Waals surface area (Å²) in [6.45, 7) is 16.7. The lowest BCUT2D eigenvalue weighted by Gasteiger charge is -2.39. The second-order valence-corrected chi connectivity index (χ2v) is 9.30. The van der Waals surface area contributed by atoms with Gasteiger partial charge in [-0.2, -0.15) is 11.8 Å². The van der Waals surface area contributed by atoms with Crippen molar-refractivity contribution in [2.75, 3.05) is 19.6 Å². The Morgan fingerprint density at radius 3 is 2.05 bits per heavy atom. The number of nitrogens with two attached hydrogens (primary N) is 1. The van der Waals surface area contributed by atoms with Crippen molar-refractivity contribution >= 4 is 11.8 Å². The minimum Gasteiger partial charge on any atom is -0.368 e. The molecule has 0 aromatic heterocycles. The zero-order valence-electron chi connectivity index (χ0n) is 13.3. The Morgan fingerprint density at radius 2 is 1.63 bits per heavy atom. The lowest BCUT2D eigenvalue weighted by molar-refractivity contribution is -0.0784. The van der Waals surface area contributed by atoms with Crippen molar-refractivity contribution < 1.29 is 4.74 Å². The molecule has 4 atom stereocenters. The largest absolute Gasteiger partial charge is 0.368 e. The van der Waals surface area contributed by atoms with Crippen molar-refractivity contribution in [1.82, 2.24) is 4.90 Å². The lowest BCUT2D eigenvalue weighted by Crippen LogP contribution is -2.51. The van der Waals surface area contributed by atoms with Crippen molar-refractivity contribution in [3.05, 3.63) is 0 Å². The number of hydrogen-bond donors (Lipinski definition) is 1. The molecule has 0 radical (unpaired) electrons. The fourth-order valence-electron chi connectivity index (χ4n) is 3.78. The van der Waals surface area contributed by atoms with Gasteiger partial charge in [0.25, 0.3) is 0 Å². The van der Waals surface area contributed by atoms with Gasteiger partial charge in [0.2, 0.25) is 0 Å². The van der Waals surface area contributed by atoms with Crippen LogP contribution in [-0.2, 0) is 4.74 Å². The zero-order chi connectivity index (χ0) is 14.4. The number of hydrogen-bond acceptors (Lipinski definition) is 4. The van der Waals surface area contributed by atoms with Gasteiger partial charge in [-0.15, -0.1) is 0 Å². The van der Waals surface area contributed by atoms with Crippen molar-refractivity contribution in [3.8, 4) is 0 Å². The Kier molecular flexibility index (Phi) is 4.28. The Labute approximate surface area is 122 Å². The lowest BCUT2D eigenvalue weighted by atomic mass is 9.82. The third kappa shape index (κ3) is 3.29. The standard InChI is InChI=1S/C15H30N2OS/c1-10-7-17(8-11(2)19-10)9-12-13(16)15(5,6)18-14(12,3)4/h10-13H,7-9,16H2,1-6H3. The first-order chi connectivity index (χ1) is 8.62. The number of rotatable bonds is 2. The smallest absolute Gasteiger partial charge is 0.0788 e. The van der Waals surface area contributed by atoms with Crippen LogP contribution in [0.3, 0.4) is 0 Å². The van der Waals surface area contributed by atoms with E-state index in [1.165, 1.54) is 13.1 Å². The Bertz CT molecular complexity index is 322. The molecule has 2 N–H and O–H groups in total. The summed E-state index contributed by atoms with van der Waals surface area (Å²) in [5.41, 5.74) is 6.12. The molecule has 2 heterocycles. The number of thioether (sulfide) groups is 1. The van der Waals surface area contributed by atoms with Crippen LogP contribution in [-0.4, -0.2) is 52.3 Å². The summed E-state index contributed by atoms with van der Waals surface area (Å²) in [6, 6.07) is 0.114. The van der Waals surface area contributed by atoms with Gasteiger partial charge in [0.05, 0.1) is 11.2 Å². The molecule has 2 saturated heterocycles. The molecule has 4 unspecified atom stereocenters. The molecule has 19 heavy (non-hydrogen) atoms. The Morgan fingerprint density at radius 1 is 1.11 bits per heavy atom. The van der Waals surface area contributed by atoms with Gasteiger partial charge in [0.1, 0.15) is 0 Å². The van der Waals surface area contributed by atoms with E-state index in [0.29, 0.717) is 5.92 Å². The predicted molar refractivity (Wildman–Crippen MR) is 83.7 cm³/mol. The molecule has 2 aliphatic heterocycles. The molecule has 112 valence electrons. The fraction of sp³-hybridized carbons (Fsp3) is 1.00. The van der Waals surface area contributed by atoms with Gasteiger partial charge in [-0.05, 0) is 27.7 Å². The molecule has 0 amide bonds. The summed E-state index contributed by atoms with van der Waals surface area (Å²) in [4.78, 5) is 2.59. The van der Waals surface area contributed by atoms with Crippen molar-refractivity contribution in [1.29, 1.82) is 0 Å². The molecule has 0 aromatic rings. The Balaban J connectivity index is 2.05. The van der Waals surface area contributed by atoms with Gasteiger partial charge in [-0.3, -0.25) is 0 Å². The predicted octanol–water partition coefficient (Wildman–Crippen LogP) is 2.34. The van der Waals surface area contributed by atoms with E-state index >= 15 is 0 Å². The molecular weight excluding hydrogens is 256 g/mol. The van der Waals surface area contributed by atoms with Gasteiger partial charge in [-0.1, -0.05) is 13.8 Å². The molecule has 2 fully saturated rings. The molecule has 4 heteroatoms. The van der Waals surface area contributed by atoms with Gasteiger partial charge in [0, 0.05) is 42.1 Å². The van der Waals surface area contributed by atoms with Gasteiger partial charge in [-0.25, -0.2) is 0 Å². The van der Waals surface area contributed by atoms with Gasteiger partial charge >= 0.3 is 0 Å². The highest BCUT2D eigenvalue weighted by atomic mass is 32.2. The number of ether oxygens (including phenoxy) is 1. The summed E-state index contributed by atoms with van der Waals surface area (Å²) in [5.74, 6) is 0.407. The normalized spacial score (nSPS) is 42.5. The summed E-state index contributed by atoms with van der Waals surface area (Å²) in [5, 5.41) is 1.44. The number of nitrogens with zero attached hydrogens (tertiary/aromatic N) is 1. The minimum absolute atomic E-state index is 0.114. The first-order valence-corrected chi connectivity index (χ1v) is 8.39.